The number of rotatable bonds is 2. The molecular formula is C13H18N2OS. The molecule has 0 radical (unpaired) electrons. The Balaban J connectivity index is 2.20. The molecule has 2 rings (SSSR count). The highest BCUT2D eigenvalue weighted by atomic mass is 32.1. The first-order valence-corrected chi connectivity index (χ1v) is 6.32. The van der Waals surface area contributed by atoms with E-state index in [9.17, 15) is 0 Å². The van der Waals surface area contributed by atoms with E-state index >= 15 is 0 Å². The Kier molecular flexibility index (Phi) is 3.97. The second kappa shape index (κ2) is 5.47. The lowest BCUT2D eigenvalue weighted by Crippen LogP contribution is -2.20. The fourth-order valence-electron chi connectivity index (χ4n) is 2.19. The minimum absolute atomic E-state index is 0.317. The Hall–Kier alpha value is -1.13. The lowest BCUT2D eigenvalue weighted by atomic mass is 9.91. The highest BCUT2D eigenvalue weighted by Crippen LogP contribution is 2.29. The second-order valence-corrected chi connectivity index (χ2v) is 4.89. The average molecular weight is 250 g/mol. The number of hydrogen-bond donors (Lipinski definition) is 2. The molecule has 3 N–H and O–H groups in total. The van der Waals surface area contributed by atoms with Crippen molar-refractivity contribution in [2.75, 3.05) is 18.5 Å². The molecular weight excluding hydrogens is 232 g/mol. The molecule has 1 aromatic rings. The van der Waals surface area contributed by atoms with Crippen molar-refractivity contribution in [2.24, 2.45) is 5.73 Å². The summed E-state index contributed by atoms with van der Waals surface area (Å²) in [5, 5.41) is 3.35. The van der Waals surface area contributed by atoms with E-state index in [0.29, 0.717) is 11.0 Å². The predicted molar refractivity (Wildman–Crippen MR) is 74.4 cm³/mol. The molecule has 92 valence electrons. The smallest absolute Gasteiger partial charge is 0.168 e. The van der Waals surface area contributed by atoms with E-state index in [4.69, 9.17) is 22.7 Å². The number of aryl methyl sites for hydroxylation is 1. The Bertz CT molecular complexity index is 414. The molecule has 1 saturated heterocycles. The first kappa shape index (κ1) is 12.3. The molecule has 1 fully saturated rings. The number of thiocarbonyl (C=S) groups is 1. The van der Waals surface area contributed by atoms with Gasteiger partial charge in [0.2, 0.25) is 0 Å². The molecule has 17 heavy (non-hydrogen) atoms. The monoisotopic (exact) mass is 250 g/mol. The van der Waals surface area contributed by atoms with E-state index < -0.39 is 0 Å². The summed E-state index contributed by atoms with van der Waals surface area (Å²) in [6, 6.07) is 6.46. The van der Waals surface area contributed by atoms with Crippen molar-refractivity contribution in [3.05, 3.63) is 29.3 Å². The molecule has 0 aromatic heterocycles. The van der Waals surface area contributed by atoms with E-state index in [-0.39, 0.29) is 0 Å². The zero-order valence-corrected chi connectivity index (χ0v) is 10.8. The van der Waals surface area contributed by atoms with E-state index in [0.717, 1.165) is 37.3 Å². The predicted octanol–water partition coefficient (Wildman–Crippen LogP) is 2.54. The van der Waals surface area contributed by atoms with Crippen LogP contribution in [0, 0.1) is 6.92 Å². The van der Waals surface area contributed by atoms with Gasteiger partial charge in [0.15, 0.2) is 5.11 Å². The van der Waals surface area contributed by atoms with Gasteiger partial charge in [-0.05, 0) is 55.1 Å². The van der Waals surface area contributed by atoms with E-state index in [1.165, 1.54) is 5.56 Å². The number of anilines is 1. The van der Waals surface area contributed by atoms with Crippen LogP contribution in [0.25, 0.3) is 0 Å². The molecule has 4 heteroatoms. The summed E-state index contributed by atoms with van der Waals surface area (Å²) in [5.74, 6) is 0.594. The van der Waals surface area contributed by atoms with Crippen LogP contribution in [0.5, 0.6) is 0 Å². The second-order valence-electron chi connectivity index (χ2n) is 4.45. The van der Waals surface area contributed by atoms with Gasteiger partial charge in [0.05, 0.1) is 0 Å². The summed E-state index contributed by atoms with van der Waals surface area (Å²) in [6.45, 7) is 3.77. The summed E-state index contributed by atoms with van der Waals surface area (Å²) in [7, 11) is 0. The Morgan fingerprint density at radius 2 is 2.12 bits per heavy atom. The highest BCUT2D eigenvalue weighted by molar-refractivity contribution is 7.80. The zero-order chi connectivity index (χ0) is 12.3. The lowest BCUT2D eigenvalue weighted by Gasteiger charge is -2.23. The maximum atomic E-state index is 5.52. The molecule has 0 spiro atoms. The number of benzene rings is 1. The largest absolute Gasteiger partial charge is 0.381 e. The van der Waals surface area contributed by atoms with Crippen LogP contribution in [0.2, 0.25) is 0 Å². The van der Waals surface area contributed by atoms with Crippen molar-refractivity contribution in [1.82, 2.24) is 0 Å². The Morgan fingerprint density at radius 3 is 2.76 bits per heavy atom. The molecule has 0 aliphatic carbocycles. The topological polar surface area (TPSA) is 47.3 Å². The van der Waals surface area contributed by atoms with Crippen molar-refractivity contribution in [2.45, 2.75) is 25.7 Å². The van der Waals surface area contributed by atoms with Crippen LogP contribution in [0.4, 0.5) is 5.69 Å². The first-order chi connectivity index (χ1) is 8.16. The van der Waals surface area contributed by atoms with E-state index in [1.54, 1.807) is 0 Å². The number of hydrogen-bond acceptors (Lipinski definition) is 2. The molecule has 1 aliphatic heterocycles. The first-order valence-electron chi connectivity index (χ1n) is 5.91. The summed E-state index contributed by atoms with van der Waals surface area (Å²) in [6.07, 6.45) is 2.19. The standard InChI is InChI=1S/C13H18N2OS/c1-9-2-3-11(8-12(9)15-13(14)17)10-4-6-16-7-5-10/h2-3,8,10H,4-7H2,1H3,(H3,14,15,17). The average Bonchev–Trinajstić information content (AvgIpc) is 2.32. The summed E-state index contributed by atoms with van der Waals surface area (Å²) in [5.41, 5.74) is 9.04. The number of ether oxygens (including phenoxy) is 1. The third-order valence-corrected chi connectivity index (χ3v) is 3.31. The van der Waals surface area contributed by atoms with Crippen molar-refractivity contribution < 1.29 is 4.74 Å². The van der Waals surface area contributed by atoms with Crippen LogP contribution in [-0.2, 0) is 4.74 Å². The minimum Gasteiger partial charge on any atom is -0.381 e. The highest BCUT2D eigenvalue weighted by Gasteiger charge is 2.16. The Labute approximate surface area is 107 Å². The van der Waals surface area contributed by atoms with Crippen LogP contribution < -0.4 is 11.1 Å². The molecule has 1 heterocycles. The van der Waals surface area contributed by atoms with Gasteiger partial charge in [-0.3, -0.25) is 0 Å². The van der Waals surface area contributed by atoms with Crippen LogP contribution in [-0.4, -0.2) is 18.3 Å². The number of nitrogens with one attached hydrogen (secondary N) is 1. The van der Waals surface area contributed by atoms with E-state index in [1.807, 2.05) is 6.92 Å². The minimum atomic E-state index is 0.317. The van der Waals surface area contributed by atoms with Crippen molar-refractivity contribution >= 4 is 23.0 Å². The summed E-state index contributed by atoms with van der Waals surface area (Å²) in [4.78, 5) is 0. The molecule has 0 unspecified atom stereocenters. The molecule has 1 aromatic carbocycles. The van der Waals surface area contributed by atoms with Crippen LogP contribution >= 0.6 is 12.2 Å². The van der Waals surface area contributed by atoms with Crippen molar-refractivity contribution in [3.8, 4) is 0 Å². The molecule has 0 saturated carbocycles. The van der Waals surface area contributed by atoms with E-state index in [2.05, 4.69) is 23.5 Å². The summed E-state index contributed by atoms with van der Waals surface area (Å²) >= 11 is 4.88. The fraction of sp³-hybridized carbons (Fsp3) is 0.462. The molecule has 1 aliphatic rings. The SMILES string of the molecule is Cc1ccc(C2CCOCC2)cc1NC(N)=S. The lowest BCUT2D eigenvalue weighted by molar-refractivity contribution is 0.0853. The van der Waals surface area contributed by atoms with Gasteiger partial charge in [0.25, 0.3) is 0 Å². The van der Waals surface area contributed by atoms with Crippen molar-refractivity contribution in [3.63, 3.8) is 0 Å². The van der Waals surface area contributed by atoms with Crippen molar-refractivity contribution in [1.29, 1.82) is 0 Å². The van der Waals surface area contributed by atoms with Crippen LogP contribution in [0.15, 0.2) is 18.2 Å². The fourth-order valence-corrected chi connectivity index (χ4v) is 2.30. The van der Waals surface area contributed by atoms with Gasteiger partial charge < -0.3 is 15.8 Å². The Morgan fingerprint density at radius 1 is 1.41 bits per heavy atom. The zero-order valence-electron chi connectivity index (χ0n) is 10.0. The van der Waals surface area contributed by atoms with Gasteiger partial charge in [0, 0.05) is 18.9 Å². The molecule has 3 nitrogen and oxygen atoms in total. The van der Waals surface area contributed by atoms with Gasteiger partial charge in [0.1, 0.15) is 0 Å². The number of nitrogens with two attached hydrogens (primary N) is 1. The third-order valence-electron chi connectivity index (χ3n) is 3.21. The van der Waals surface area contributed by atoms with Crippen LogP contribution in [0.3, 0.4) is 0 Å². The normalized spacial score (nSPS) is 16.8. The van der Waals surface area contributed by atoms with Gasteiger partial charge in [-0.2, -0.15) is 0 Å². The maximum absolute atomic E-state index is 5.52. The van der Waals surface area contributed by atoms with Crippen LogP contribution in [0.1, 0.15) is 29.9 Å². The molecule has 0 atom stereocenters. The van der Waals surface area contributed by atoms with Gasteiger partial charge >= 0.3 is 0 Å². The maximum Gasteiger partial charge on any atom is 0.168 e. The molecule has 0 bridgehead atoms. The third kappa shape index (κ3) is 3.17. The van der Waals surface area contributed by atoms with Gasteiger partial charge in [-0.15, -0.1) is 0 Å². The van der Waals surface area contributed by atoms with Gasteiger partial charge in [-0.25, -0.2) is 0 Å². The molecule has 0 amide bonds. The summed E-state index contributed by atoms with van der Waals surface area (Å²) < 4.78 is 5.38. The quantitative estimate of drug-likeness (QED) is 0.792. The van der Waals surface area contributed by atoms with Gasteiger partial charge in [-0.1, -0.05) is 12.1 Å².